The van der Waals surface area contributed by atoms with Gasteiger partial charge < -0.3 is 10.1 Å². The van der Waals surface area contributed by atoms with Crippen LogP contribution in [0.25, 0.3) is 0 Å². The van der Waals surface area contributed by atoms with Crippen LogP contribution in [-0.4, -0.2) is 7.11 Å². The maximum atomic E-state index is 6.08. The number of hydrogen-bond donors (Lipinski definition) is 1. The van der Waals surface area contributed by atoms with E-state index in [4.69, 9.17) is 16.3 Å². The maximum absolute atomic E-state index is 6.08. The molecule has 2 nitrogen and oxygen atoms in total. The van der Waals surface area contributed by atoms with E-state index in [0.717, 1.165) is 22.9 Å². The van der Waals surface area contributed by atoms with Crippen LogP contribution in [0.3, 0.4) is 0 Å². The molecular weight excluding hydrogens is 270 g/mol. The Bertz CT molecular complexity index is 583. The number of ether oxygens (including phenoxy) is 1. The third-order valence-corrected chi connectivity index (χ3v) is 3.66. The molecule has 0 radical (unpaired) electrons. The van der Waals surface area contributed by atoms with E-state index < -0.39 is 0 Å². The molecule has 0 aliphatic carbocycles. The predicted molar refractivity (Wildman–Crippen MR) is 85.8 cm³/mol. The zero-order chi connectivity index (χ0) is 14.5. The molecule has 2 rings (SSSR count). The fourth-order valence-corrected chi connectivity index (χ4v) is 2.46. The Kier molecular flexibility index (Phi) is 4.91. The molecule has 1 N–H and O–H groups in total. The van der Waals surface area contributed by atoms with Crippen molar-refractivity contribution in [2.45, 2.75) is 26.3 Å². The molecule has 0 fully saturated rings. The molecule has 1 unspecified atom stereocenters. The molecule has 2 aromatic rings. The van der Waals surface area contributed by atoms with E-state index in [0.29, 0.717) is 0 Å². The zero-order valence-corrected chi connectivity index (χ0v) is 12.9. The summed E-state index contributed by atoms with van der Waals surface area (Å²) < 4.78 is 5.24. The Morgan fingerprint density at radius 2 is 2.00 bits per heavy atom. The SMILES string of the molecule is CCC(Nc1ccc(OC)cc1C)c1cccc(Cl)c1. The maximum Gasteiger partial charge on any atom is 0.119 e. The van der Waals surface area contributed by atoms with Crippen molar-refractivity contribution in [2.24, 2.45) is 0 Å². The van der Waals surface area contributed by atoms with Gasteiger partial charge in [-0.2, -0.15) is 0 Å². The summed E-state index contributed by atoms with van der Waals surface area (Å²) in [5.74, 6) is 0.879. The average molecular weight is 290 g/mol. The molecule has 2 aromatic carbocycles. The van der Waals surface area contributed by atoms with Gasteiger partial charge >= 0.3 is 0 Å². The predicted octanol–water partition coefficient (Wildman–Crippen LogP) is 5.22. The molecule has 20 heavy (non-hydrogen) atoms. The van der Waals surface area contributed by atoms with E-state index in [1.165, 1.54) is 11.1 Å². The lowest BCUT2D eigenvalue weighted by Gasteiger charge is -2.20. The number of nitrogens with one attached hydrogen (secondary N) is 1. The van der Waals surface area contributed by atoms with Crippen LogP contribution in [0.4, 0.5) is 5.69 Å². The molecule has 0 aliphatic heterocycles. The topological polar surface area (TPSA) is 21.3 Å². The van der Waals surface area contributed by atoms with Gasteiger partial charge in [-0.05, 0) is 54.8 Å². The lowest BCUT2D eigenvalue weighted by atomic mass is 10.0. The van der Waals surface area contributed by atoms with E-state index in [1.54, 1.807) is 7.11 Å². The van der Waals surface area contributed by atoms with E-state index in [1.807, 2.05) is 30.3 Å². The van der Waals surface area contributed by atoms with Crippen LogP contribution >= 0.6 is 11.6 Å². The number of anilines is 1. The molecule has 0 aliphatic rings. The highest BCUT2D eigenvalue weighted by atomic mass is 35.5. The van der Waals surface area contributed by atoms with Gasteiger partial charge in [-0.25, -0.2) is 0 Å². The lowest BCUT2D eigenvalue weighted by Crippen LogP contribution is -2.10. The van der Waals surface area contributed by atoms with Gasteiger partial charge in [0.25, 0.3) is 0 Å². The average Bonchev–Trinajstić information content (AvgIpc) is 2.46. The molecule has 0 spiro atoms. The van der Waals surface area contributed by atoms with Gasteiger partial charge in [0.15, 0.2) is 0 Å². The zero-order valence-electron chi connectivity index (χ0n) is 12.1. The van der Waals surface area contributed by atoms with E-state index in [2.05, 4.69) is 31.3 Å². The van der Waals surface area contributed by atoms with Crippen molar-refractivity contribution in [1.82, 2.24) is 0 Å². The minimum atomic E-state index is 0.251. The first-order valence-corrected chi connectivity index (χ1v) is 7.18. The van der Waals surface area contributed by atoms with Crippen molar-refractivity contribution < 1.29 is 4.74 Å². The third-order valence-electron chi connectivity index (χ3n) is 3.42. The summed E-state index contributed by atoms with van der Waals surface area (Å²) in [7, 11) is 1.68. The normalized spacial score (nSPS) is 12.0. The Morgan fingerprint density at radius 3 is 2.60 bits per heavy atom. The monoisotopic (exact) mass is 289 g/mol. The van der Waals surface area contributed by atoms with Gasteiger partial charge in [0.05, 0.1) is 13.2 Å². The number of methoxy groups -OCH3 is 1. The van der Waals surface area contributed by atoms with Crippen LogP contribution in [0.1, 0.15) is 30.5 Å². The molecule has 0 heterocycles. The Morgan fingerprint density at radius 1 is 1.20 bits per heavy atom. The van der Waals surface area contributed by atoms with Gasteiger partial charge in [-0.15, -0.1) is 0 Å². The van der Waals surface area contributed by atoms with Crippen molar-refractivity contribution >= 4 is 17.3 Å². The number of rotatable bonds is 5. The Balaban J connectivity index is 2.22. The molecule has 1 atom stereocenters. The highest BCUT2D eigenvalue weighted by molar-refractivity contribution is 6.30. The fourth-order valence-electron chi connectivity index (χ4n) is 2.26. The van der Waals surface area contributed by atoms with Gasteiger partial charge in [0, 0.05) is 10.7 Å². The number of benzene rings is 2. The molecule has 0 bridgehead atoms. The second kappa shape index (κ2) is 6.67. The molecule has 0 saturated carbocycles. The summed E-state index contributed by atoms with van der Waals surface area (Å²) in [6.45, 7) is 4.24. The summed E-state index contributed by atoms with van der Waals surface area (Å²) in [5.41, 5.74) is 3.50. The second-order valence-corrected chi connectivity index (χ2v) is 5.28. The van der Waals surface area contributed by atoms with Crippen LogP contribution in [0, 0.1) is 6.92 Å². The highest BCUT2D eigenvalue weighted by Gasteiger charge is 2.11. The summed E-state index contributed by atoms with van der Waals surface area (Å²) in [4.78, 5) is 0. The fraction of sp³-hybridized carbons (Fsp3) is 0.294. The number of halogens is 1. The molecule has 106 valence electrons. The first-order valence-electron chi connectivity index (χ1n) is 6.80. The third kappa shape index (κ3) is 3.45. The van der Waals surface area contributed by atoms with E-state index >= 15 is 0 Å². The number of aryl methyl sites for hydroxylation is 1. The first kappa shape index (κ1) is 14.7. The quantitative estimate of drug-likeness (QED) is 0.815. The standard InChI is InChI=1S/C17H20ClNO/c1-4-16(13-6-5-7-14(18)11-13)19-17-9-8-15(20-3)10-12(17)2/h5-11,16,19H,4H2,1-3H3. The van der Waals surface area contributed by atoms with Crippen molar-refractivity contribution in [1.29, 1.82) is 0 Å². The van der Waals surface area contributed by atoms with Crippen LogP contribution in [0.5, 0.6) is 5.75 Å². The van der Waals surface area contributed by atoms with E-state index in [-0.39, 0.29) is 6.04 Å². The minimum absolute atomic E-state index is 0.251. The molecule has 3 heteroatoms. The van der Waals surface area contributed by atoms with Crippen LogP contribution in [-0.2, 0) is 0 Å². The van der Waals surface area contributed by atoms with Crippen LogP contribution in [0.2, 0.25) is 5.02 Å². The molecular formula is C17H20ClNO. The smallest absolute Gasteiger partial charge is 0.119 e. The van der Waals surface area contributed by atoms with Crippen molar-refractivity contribution in [3.8, 4) is 5.75 Å². The molecule has 0 amide bonds. The summed E-state index contributed by atoms with van der Waals surface area (Å²) >= 11 is 6.08. The number of hydrogen-bond acceptors (Lipinski definition) is 2. The lowest BCUT2D eigenvalue weighted by molar-refractivity contribution is 0.414. The van der Waals surface area contributed by atoms with Gasteiger partial charge in [-0.3, -0.25) is 0 Å². The van der Waals surface area contributed by atoms with Crippen LogP contribution < -0.4 is 10.1 Å². The molecule has 0 aromatic heterocycles. The van der Waals surface area contributed by atoms with Crippen LogP contribution in [0.15, 0.2) is 42.5 Å². The summed E-state index contributed by atoms with van der Waals surface area (Å²) in [6, 6.07) is 14.3. The van der Waals surface area contributed by atoms with E-state index in [9.17, 15) is 0 Å². The van der Waals surface area contributed by atoms with Gasteiger partial charge in [-0.1, -0.05) is 30.7 Å². The first-order chi connectivity index (χ1) is 9.63. The minimum Gasteiger partial charge on any atom is -0.497 e. The highest BCUT2D eigenvalue weighted by Crippen LogP contribution is 2.28. The Hall–Kier alpha value is -1.67. The molecule has 0 saturated heterocycles. The van der Waals surface area contributed by atoms with Crippen molar-refractivity contribution in [3.63, 3.8) is 0 Å². The Labute approximate surface area is 125 Å². The summed E-state index contributed by atoms with van der Waals surface area (Å²) in [6.07, 6.45) is 0.992. The van der Waals surface area contributed by atoms with Crippen molar-refractivity contribution in [3.05, 3.63) is 58.6 Å². The summed E-state index contributed by atoms with van der Waals surface area (Å²) in [5, 5.41) is 4.35. The second-order valence-electron chi connectivity index (χ2n) is 4.84. The van der Waals surface area contributed by atoms with Gasteiger partial charge in [0.2, 0.25) is 0 Å². The largest absolute Gasteiger partial charge is 0.497 e. The van der Waals surface area contributed by atoms with Crippen molar-refractivity contribution in [2.75, 3.05) is 12.4 Å². The van der Waals surface area contributed by atoms with Gasteiger partial charge in [0.1, 0.15) is 5.75 Å².